The number of methoxy groups -OCH3 is 1. The SMILES string of the molecule is CCc1ccc(C(=O)N(CCOC)C(C)c2nc3ccccc3c(=O)n2-c2ccc(C)cc2C)cc1. The second-order valence-electron chi connectivity index (χ2n) is 9.14. The summed E-state index contributed by atoms with van der Waals surface area (Å²) in [7, 11) is 1.61. The molecule has 1 atom stereocenters. The van der Waals surface area contributed by atoms with Crippen molar-refractivity contribution in [2.24, 2.45) is 0 Å². The number of benzene rings is 3. The fourth-order valence-electron chi connectivity index (χ4n) is 4.57. The van der Waals surface area contributed by atoms with Crippen LogP contribution in [0.25, 0.3) is 16.6 Å². The lowest BCUT2D eigenvalue weighted by Gasteiger charge is -2.31. The molecule has 0 bridgehead atoms. The summed E-state index contributed by atoms with van der Waals surface area (Å²) in [5.74, 6) is 0.386. The largest absolute Gasteiger partial charge is 0.383 e. The van der Waals surface area contributed by atoms with Crippen molar-refractivity contribution in [3.8, 4) is 5.69 Å². The van der Waals surface area contributed by atoms with Gasteiger partial charge in [0.15, 0.2) is 0 Å². The fraction of sp³-hybridized carbons (Fsp3) is 0.300. The Morgan fingerprint density at radius 2 is 1.78 bits per heavy atom. The number of rotatable bonds is 8. The Kier molecular flexibility index (Phi) is 7.65. The van der Waals surface area contributed by atoms with E-state index < -0.39 is 6.04 Å². The number of amides is 1. The van der Waals surface area contributed by atoms with Crippen LogP contribution in [0.4, 0.5) is 0 Å². The standard InChI is InChI=1S/C30H33N3O3/c1-6-23-12-14-24(15-13-23)29(34)32(17-18-36-5)22(4)28-31-26-10-8-7-9-25(26)30(35)33(28)27-16-11-20(2)19-21(27)3/h7-16,19,22H,6,17-18H2,1-5H3. The predicted octanol–water partition coefficient (Wildman–Crippen LogP) is 5.41. The quantitative estimate of drug-likeness (QED) is 0.336. The van der Waals surface area contributed by atoms with Gasteiger partial charge in [-0.05, 0) is 68.7 Å². The Labute approximate surface area is 212 Å². The van der Waals surface area contributed by atoms with E-state index in [0.717, 1.165) is 23.2 Å². The minimum absolute atomic E-state index is 0.128. The zero-order valence-corrected chi connectivity index (χ0v) is 21.6. The molecule has 0 radical (unpaired) electrons. The number of fused-ring (bicyclic) bond motifs is 1. The first-order valence-electron chi connectivity index (χ1n) is 12.3. The van der Waals surface area contributed by atoms with Crippen LogP contribution in [0.15, 0.2) is 71.5 Å². The molecule has 6 nitrogen and oxygen atoms in total. The Morgan fingerprint density at radius 3 is 2.44 bits per heavy atom. The number of aromatic nitrogens is 2. The Morgan fingerprint density at radius 1 is 1.06 bits per heavy atom. The average Bonchev–Trinajstić information content (AvgIpc) is 2.89. The molecule has 1 aromatic heterocycles. The zero-order chi connectivity index (χ0) is 25.8. The van der Waals surface area contributed by atoms with Crippen molar-refractivity contribution in [1.29, 1.82) is 0 Å². The molecule has 36 heavy (non-hydrogen) atoms. The summed E-state index contributed by atoms with van der Waals surface area (Å²) in [6.45, 7) is 8.75. The Balaban J connectivity index is 1.90. The van der Waals surface area contributed by atoms with E-state index in [4.69, 9.17) is 9.72 Å². The number of aryl methyl sites for hydroxylation is 3. The molecule has 0 N–H and O–H groups in total. The molecule has 0 spiro atoms. The summed E-state index contributed by atoms with van der Waals surface area (Å²) in [5, 5.41) is 0.540. The van der Waals surface area contributed by atoms with E-state index in [9.17, 15) is 9.59 Å². The number of hydrogen-bond donors (Lipinski definition) is 0. The lowest BCUT2D eigenvalue weighted by molar-refractivity contribution is 0.0605. The number of carbonyl (C=O) groups excluding carboxylic acids is 1. The van der Waals surface area contributed by atoms with Crippen LogP contribution in [-0.2, 0) is 11.2 Å². The van der Waals surface area contributed by atoms with Gasteiger partial charge in [0.2, 0.25) is 0 Å². The second-order valence-corrected chi connectivity index (χ2v) is 9.14. The smallest absolute Gasteiger partial charge is 0.266 e. The predicted molar refractivity (Wildman–Crippen MR) is 144 cm³/mol. The minimum Gasteiger partial charge on any atom is -0.383 e. The molecule has 4 aromatic rings. The number of hydrogen-bond acceptors (Lipinski definition) is 4. The summed E-state index contributed by atoms with van der Waals surface area (Å²) in [6.07, 6.45) is 0.904. The van der Waals surface area contributed by atoms with Gasteiger partial charge in [-0.1, -0.05) is 48.9 Å². The van der Waals surface area contributed by atoms with Crippen LogP contribution in [0.1, 0.15) is 52.8 Å². The van der Waals surface area contributed by atoms with Crippen LogP contribution in [0.2, 0.25) is 0 Å². The topological polar surface area (TPSA) is 64.4 Å². The molecule has 1 unspecified atom stereocenters. The van der Waals surface area contributed by atoms with Gasteiger partial charge in [-0.15, -0.1) is 0 Å². The maximum Gasteiger partial charge on any atom is 0.266 e. The van der Waals surface area contributed by atoms with Gasteiger partial charge in [0.1, 0.15) is 5.82 Å². The van der Waals surface area contributed by atoms with Crippen molar-refractivity contribution < 1.29 is 9.53 Å². The lowest BCUT2D eigenvalue weighted by Crippen LogP contribution is -2.39. The molecule has 0 aliphatic rings. The van der Waals surface area contributed by atoms with Crippen LogP contribution in [0, 0.1) is 13.8 Å². The maximum absolute atomic E-state index is 13.8. The van der Waals surface area contributed by atoms with E-state index in [0.29, 0.717) is 35.4 Å². The summed E-state index contributed by atoms with van der Waals surface area (Å²) < 4.78 is 7.00. The monoisotopic (exact) mass is 483 g/mol. The molecule has 0 saturated carbocycles. The van der Waals surface area contributed by atoms with Crippen molar-refractivity contribution in [2.75, 3.05) is 20.3 Å². The third kappa shape index (κ3) is 4.95. The minimum atomic E-state index is -0.489. The summed E-state index contributed by atoms with van der Waals surface area (Å²) in [6, 6.07) is 20.5. The van der Waals surface area contributed by atoms with Crippen molar-refractivity contribution >= 4 is 16.8 Å². The van der Waals surface area contributed by atoms with Gasteiger partial charge in [-0.2, -0.15) is 0 Å². The molecule has 3 aromatic carbocycles. The van der Waals surface area contributed by atoms with Gasteiger partial charge in [0.05, 0.1) is 29.2 Å². The van der Waals surface area contributed by atoms with E-state index in [2.05, 4.69) is 13.0 Å². The van der Waals surface area contributed by atoms with Gasteiger partial charge < -0.3 is 9.64 Å². The van der Waals surface area contributed by atoms with E-state index in [1.807, 2.05) is 75.4 Å². The first-order valence-corrected chi connectivity index (χ1v) is 12.3. The van der Waals surface area contributed by atoms with E-state index >= 15 is 0 Å². The molecule has 1 heterocycles. The average molecular weight is 484 g/mol. The van der Waals surface area contributed by atoms with Crippen LogP contribution < -0.4 is 5.56 Å². The molecule has 0 aliphatic carbocycles. The zero-order valence-electron chi connectivity index (χ0n) is 21.6. The van der Waals surface area contributed by atoms with Crippen molar-refractivity contribution in [3.05, 3.63) is 105 Å². The number of ether oxygens (including phenoxy) is 1. The first kappa shape index (κ1) is 25.3. The van der Waals surface area contributed by atoms with Crippen LogP contribution in [0.3, 0.4) is 0 Å². The van der Waals surface area contributed by atoms with E-state index in [1.165, 1.54) is 5.56 Å². The molecule has 0 fully saturated rings. The highest BCUT2D eigenvalue weighted by Crippen LogP contribution is 2.26. The van der Waals surface area contributed by atoms with Gasteiger partial charge in [-0.25, -0.2) is 4.98 Å². The maximum atomic E-state index is 13.8. The number of nitrogens with zero attached hydrogens (tertiary/aromatic N) is 3. The first-order chi connectivity index (χ1) is 17.3. The third-order valence-corrected chi connectivity index (χ3v) is 6.64. The lowest BCUT2D eigenvalue weighted by atomic mass is 10.1. The van der Waals surface area contributed by atoms with Gasteiger partial charge in [0.25, 0.3) is 11.5 Å². The normalized spacial score (nSPS) is 12.0. The fourth-order valence-corrected chi connectivity index (χ4v) is 4.57. The van der Waals surface area contributed by atoms with Crippen molar-refractivity contribution in [3.63, 3.8) is 0 Å². The van der Waals surface area contributed by atoms with Crippen molar-refractivity contribution in [1.82, 2.24) is 14.5 Å². The summed E-state index contributed by atoms with van der Waals surface area (Å²) >= 11 is 0. The van der Waals surface area contributed by atoms with Crippen LogP contribution in [0.5, 0.6) is 0 Å². The highest BCUT2D eigenvalue weighted by atomic mass is 16.5. The van der Waals surface area contributed by atoms with Gasteiger partial charge in [0, 0.05) is 19.2 Å². The summed E-state index contributed by atoms with van der Waals surface area (Å²) in [5.41, 5.74) is 5.06. The van der Waals surface area contributed by atoms with E-state index in [1.54, 1.807) is 22.6 Å². The van der Waals surface area contributed by atoms with Gasteiger partial charge >= 0.3 is 0 Å². The Bertz CT molecular complexity index is 1440. The molecule has 6 heteroatoms. The third-order valence-electron chi connectivity index (χ3n) is 6.64. The summed E-state index contributed by atoms with van der Waals surface area (Å²) in [4.78, 5) is 34.2. The molecular weight excluding hydrogens is 450 g/mol. The van der Waals surface area contributed by atoms with Crippen LogP contribution in [-0.4, -0.2) is 40.6 Å². The molecule has 0 aliphatic heterocycles. The highest BCUT2D eigenvalue weighted by Gasteiger charge is 2.28. The number of para-hydroxylation sites is 1. The molecule has 0 saturated heterocycles. The van der Waals surface area contributed by atoms with E-state index in [-0.39, 0.29) is 11.5 Å². The van der Waals surface area contributed by atoms with Crippen LogP contribution >= 0.6 is 0 Å². The molecule has 4 rings (SSSR count). The molecule has 186 valence electrons. The van der Waals surface area contributed by atoms with Crippen molar-refractivity contribution in [2.45, 2.75) is 40.2 Å². The Hall–Kier alpha value is -3.77. The molecular formula is C30H33N3O3. The van der Waals surface area contributed by atoms with Gasteiger partial charge in [-0.3, -0.25) is 14.2 Å². The number of carbonyl (C=O) groups is 1. The highest BCUT2D eigenvalue weighted by molar-refractivity contribution is 5.94. The molecule has 1 amide bonds. The second kappa shape index (κ2) is 10.9.